The zero-order chi connectivity index (χ0) is 14.7. The van der Waals surface area contributed by atoms with Crippen molar-refractivity contribution >= 4 is 16.9 Å². The minimum absolute atomic E-state index is 0.150. The summed E-state index contributed by atoms with van der Waals surface area (Å²) in [4.78, 5) is 8.95. The molecule has 0 amide bonds. The minimum Gasteiger partial charge on any atom is -0.377 e. The molecular formula is C14H23N5O. The molecule has 0 aliphatic rings. The lowest BCUT2D eigenvalue weighted by atomic mass is 10.3. The van der Waals surface area contributed by atoms with Crippen LogP contribution in [0.15, 0.2) is 0 Å². The average molecular weight is 277 g/mol. The van der Waals surface area contributed by atoms with Gasteiger partial charge in [-0.3, -0.25) is 4.68 Å². The third kappa shape index (κ3) is 3.07. The highest BCUT2D eigenvalue weighted by molar-refractivity contribution is 5.89. The molecule has 0 fully saturated rings. The van der Waals surface area contributed by atoms with Gasteiger partial charge in [-0.1, -0.05) is 6.92 Å². The van der Waals surface area contributed by atoms with Gasteiger partial charge in [0, 0.05) is 20.2 Å². The van der Waals surface area contributed by atoms with Crippen molar-refractivity contribution in [2.75, 3.05) is 18.5 Å². The van der Waals surface area contributed by atoms with E-state index in [2.05, 4.69) is 34.2 Å². The first kappa shape index (κ1) is 14.7. The molecule has 6 heteroatoms. The summed E-state index contributed by atoms with van der Waals surface area (Å²) in [6, 6.07) is 0. The highest BCUT2D eigenvalue weighted by atomic mass is 16.5. The number of anilines is 1. The molecule has 0 saturated carbocycles. The Kier molecular flexibility index (Phi) is 4.54. The summed E-state index contributed by atoms with van der Waals surface area (Å²) in [5, 5.41) is 8.76. The summed E-state index contributed by atoms with van der Waals surface area (Å²) in [7, 11) is 1.90. The Hall–Kier alpha value is -1.69. The fourth-order valence-electron chi connectivity index (χ4n) is 2.19. The van der Waals surface area contributed by atoms with Crippen molar-refractivity contribution < 1.29 is 4.74 Å². The number of ether oxygens (including phenoxy) is 1. The molecule has 20 heavy (non-hydrogen) atoms. The molecule has 1 N–H and O–H groups in total. The van der Waals surface area contributed by atoms with Gasteiger partial charge in [0.15, 0.2) is 5.65 Å². The predicted molar refractivity (Wildman–Crippen MR) is 80.0 cm³/mol. The van der Waals surface area contributed by atoms with E-state index < -0.39 is 0 Å². The van der Waals surface area contributed by atoms with E-state index >= 15 is 0 Å². The van der Waals surface area contributed by atoms with E-state index in [0.717, 1.165) is 47.9 Å². The quantitative estimate of drug-likeness (QED) is 0.877. The number of fused-ring (bicyclic) bond motifs is 1. The molecule has 2 rings (SSSR count). The van der Waals surface area contributed by atoms with Crippen LogP contribution in [0.2, 0.25) is 0 Å². The van der Waals surface area contributed by atoms with Crippen LogP contribution in [0.1, 0.15) is 31.8 Å². The lowest BCUT2D eigenvalue weighted by Crippen LogP contribution is -2.21. The molecule has 6 nitrogen and oxygen atoms in total. The van der Waals surface area contributed by atoms with Gasteiger partial charge >= 0.3 is 0 Å². The largest absolute Gasteiger partial charge is 0.377 e. The molecule has 2 aromatic heterocycles. The van der Waals surface area contributed by atoms with Crippen molar-refractivity contribution in [3.05, 3.63) is 11.5 Å². The lowest BCUT2D eigenvalue weighted by Gasteiger charge is -2.14. The Morgan fingerprint density at radius 1 is 1.30 bits per heavy atom. The fourth-order valence-corrected chi connectivity index (χ4v) is 2.19. The fraction of sp³-hybridized carbons (Fsp3) is 0.643. The van der Waals surface area contributed by atoms with Gasteiger partial charge in [0.1, 0.15) is 11.6 Å². The Labute approximate surface area is 119 Å². The number of aryl methyl sites for hydroxylation is 3. The van der Waals surface area contributed by atoms with Crippen molar-refractivity contribution in [1.29, 1.82) is 0 Å². The van der Waals surface area contributed by atoms with E-state index in [1.165, 1.54) is 0 Å². The smallest absolute Gasteiger partial charge is 0.163 e. The molecule has 0 aliphatic heterocycles. The topological polar surface area (TPSA) is 64.9 Å². The third-order valence-electron chi connectivity index (χ3n) is 3.13. The van der Waals surface area contributed by atoms with Gasteiger partial charge in [0.25, 0.3) is 0 Å². The van der Waals surface area contributed by atoms with Gasteiger partial charge in [-0.05, 0) is 27.2 Å². The molecule has 2 heterocycles. The first-order valence-electron chi connectivity index (χ1n) is 7.06. The van der Waals surface area contributed by atoms with Crippen LogP contribution < -0.4 is 5.32 Å². The van der Waals surface area contributed by atoms with Crippen LogP contribution in [0.5, 0.6) is 0 Å². The second-order valence-electron chi connectivity index (χ2n) is 5.09. The van der Waals surface area contributed by atoms with E-state index in [9.17, 15) is 0 Å². The molecule has 0 aromatic carbocycles. The van der Waals surface area contributed by atoms with Crippen LogP contribution in [-0.4, -0.2) is 39.0 Å². The minimum atomic E-state index is 0.150. The summed E-state index contributed by atoms with van der Waals surface area (Å²) in [5.41, 5.74) is 1.80. The number of aromatic nitrogens is 4. The van der Waals surface area contributed by atoms with Crippen molar-refractivity contribution in [2.24, 2.45) is 7.05 Å². The lowest BCUT2D eigenvalue weighted by molar-refractivity contribution is 0.0752. The number of hydrogen-bond acceptors (Lipinski definition) is 5. The maximum Gasteiger partial charge on any atom is 0.163 e. The Morgan fingerprint density at radius 2 is 2.05 bits per heavy atom. The van der Waals surface area contributed by atoms with Crippen molar-refractivity contribution in [3.63, 3.8) is 0 Å². The van der Waals surface area contributed by atoms with Crippen molar-refractivity contribution in [3.8, 4) is 0 Å². The zero-order valence-electron chi connectivity index (χ0n) is 12.9. The van der Waals surface area contributed by atoms with E-state index in [0.29, 0.717) is 0 Å². The molecule has 0 spiro atoms. The van der Waals surface area contributed by atoms with Crippen LogP contribution >= 0.6 is 0 Å². The van der Waals surface area contributed by atoms with Gasteiger partial charge in [-0.2, -0.15) is 5.10 Å². The number of nitrogens with zero attached hydrogens (tertiary/aromatic N) is 4. The molecule has 0 unspecified atom stereocenters. The van der Waals surface area contributed by atoms with Gasteiger partial charge in [0.05, 0.1) is 17.2 Å². The van der Waals surface area contributed by atoms with Crippen LogP contribution in [0, 0.1) is 13.8 Å². The number of hydrogen-bond donors (Lipinski definition) is 1. The van der Waals surface area contributed by atoms with Gasteiger partial charge in [-0.25, -0.2) is 9.97 Å². The summed E-state index contributed by atoms with van der Waals surface area (Å²) in [6.45, 7) is 9.54. The van der Waals surface area contributed by atoms with E-state index in [1.54, 1.807) is 4.68 Å². The molecule has 1 atom stereocenters. The molecule has 2 aromatic rings. The summed E-state index contributed by atoms with van der Waals surface area (Å²) in [6.07, 6.45) is 1.18. The standard InChI is InChI=1S/C14H23N5O/c1-6-7-20-9(2)8-15-13-12-10(3)18-19(5)14(12)17-11(4)16-13/h9H,6-8H2,1-5H3,(H,15,16,17)/t9-/m1/s1. The van der Waals surface area contributed by atoms with E-state index in [4.69, 9.17) is 4.74 Å². The normalized spacial score (nSPS) is 12.8. The highest BCUT2D eigenvalue weighted by Crippen LogP contribution is 2.23. The van der Waals surface area contributed by atoms with Gasteiger partial charge < -0.3 is 10.1 Å². The summed E-state index contributed by atoms with van der Waals surface area (Å²) >= 11 is 0. The van der Waals surface area contributed by atoms with Gasteiger partial charge in [0.2, 0.25) is 0 Å². The molecule has 0 saturated heterocycles. The first-order chi connectivity index (χ1) is 9.52. The SMILES string of the molecule is CCCO[C@H](C)CNc1nc(C)nc2c1c(C)nn2C. The van der Waals surface area contributed by atoms with Crippen LogP contribution in [0.4, 0.5) is 5.82 Å². The molecule has 0 bridgehead atoms. The van der Waals surface area contributed by atoms with E-state index in [-0.39, 0.29) is 6.10 Å². The van der Waals surface area contributed by atoms with Crippen LogP contribution in [0.3, 0.4) is 0 Å². The third-order valence-corrected chi connectivity index (χ3v) is 3.13. The van der Waals surface area contributed by atoms with Crippen LogP contribution in [0.25, 0.3) is 11.0 Å². The Balaban J connectivity index is 2.21. The summed E-state index contributed by atoms with van der Waals surface area (Å²) in [5.74, 6) is 1.58. The zero-order valence-corrected chi connectivity index (χ0v) is 12.9. The van der Waals surface area contributed by atoms with Crippen molar-refractivity contribution in [1.82, 2.24) is 19.7 Å². The van der Waals surface area contributed by atoms with E-state index in [1.807, 2.05) is 20.9 Å². The van der Waals surface area contributed by atoms with Crippen molar-refractivity contribution in [2.45, 2.75) is 40.2 Å². The number of rotatable bonds is 6. The highest BCUT2D eigenvalue weighted by Gasteiger charge is 2.14. The molecular weight excluding hydrogens is 254 g/mol. The maximum atomic E-state index is 5.66. The molecule has 0 radical (unpaired) electrons. The second kappa shape index (κ2) is 6.17. The number of nitrogens with one attached hydrogen (secondary N) is 1. The van der Waals surface area contributed by atoms with Crippen LogP contribution in [-0.2, 0) is 11.8 Å². The second-order valence-corrected chi connectivity index (χ2v) is 5.09. The maximum absolute atomic E-state index is 5.66. The van der Waals surface area contributed by atoms with Gasteiger partial charge in [-0.15, -0.1) is 0 Å². The first-order valence-corrected chi connectivity index (χ1v) is 7.06. The molecule has 110 valence electrons. The summed E-state index contributed by atoms with van der Waals surface area (Å²) < 4.78 is 7.46. The Bertz CT molecular complexity index is 593. The average Bonchev–Trinajstić information content (AvgIpc) is 2.68. The monoisotopic (exact) mass is 277 g/mol. The molecule has 0 aliphatic carbocycles. The Morgan fingerprint density at radius 3 is 2.75 bits per heavy atom. The predicted octanol–water partition coefficient (Wildman–Crippen LogP) is 2.21.